The standard InChI is InChI=1S/C70H43N5O/c1-5-20-44(21-6-1)67-71-68(45-22-7-2-8-23-45)73-69(72-67)47-36-40-56-55(43-47)64-50(29-19-32-59(64)70(56)57-30-14-17-34-62(57)76-63-35-18-15-31-58(63)70)46-37-41-61-54(42-46)53-39-38-52-51-28-13-16-33-60(51)74(48-24-9-3-10-25-48)65(52)66(53)75(61)49-26-11-4-12-27-49/h1-43H. The molecule has 1 aliphatic carbocycles. The van der Waals surface area contributed by atoms with Crippen LogP contribution in [0.4, 0.5) is 0 Å². The van der Waals surface area contributed by atoms with Gasteiger partial charge in [-0.25, -0.2) is 15.0 Å². The fourth-order valence-corrected chi connectivity index (χ4v) is 12.7. The second kappa shape index (κ2) is 16.4. The van der Waals surface area contributed by atoms with Crippen molar-refractivity contribution in [2.75, 3.05) is 0 Å². The first-order valence-corrected chi connectivity index (χ1v) is 25.8. The van der Waals surface area contributed by atoms with Gasteiger partial charge in [0.1, 0.15) is 11.5 Å². The molecule has 0 atom stereocenters. The summed E-state index contributed by atoms with van der Waals surface area (Å²) in [6, 6.07) is 93.4. The van der Waals surface area contributed by atoms with Gasteiger partial charge in [-0.1, -0.05) is 200 Å². The maximum absolute atomic E-state index is 6.80. The van der Waals surface area contributed by atoms with Crippen molar-refractivity contribution in [2.45, 2.75) is 5.41 Å². The minimum Gasteiger partial charge on any atom is -0.457 e. The molecule has 0 amide bonds. The highest BCUT2D eigenvalue weighted by Crippen LogP contribution is 2.64. The van der Waals surface area contributed by atoms with E-state index in [0.29, 0.717) is 17.5 Å². The van der Waals surface area contributed by atoms with Gasteiger partial charge in [0.05, 0.1) is 27.5 Å². The molecule has 1 aliphatic heterocycles. The SMILES string of the molecule is c1ccc(-c2nc(-c3ccccc3)nc(-c3ccc4c(c3)-c3c(-c5ccc6c(c5)c5ccc7c8ccccc8n(-c8ccccc8)c7c5n6-c5ccccc5)cccc3C43c4ccccc4Oc4ccccc43)n2)cc1. The van der Waals surface area contributed by atoms with E-state index >= 15 is 0 Å². The lowest BCUT2D eigenvalue weighted by atomic mass is 9.66. The van der Waals surface area contributed by atoms with E-state index in [2.05, 4.69) is 234 Å². The first-order valence-electron chi connectivity index (χ1n) is 25.8. The summed E-state index contributed by atoms with van der Waals surface area (Å²) >= 11 is 0. The molecule has 0 saturated heterocycles. The lowest BCUT2D eigenvalue weighted by Crippen LogP contribution is -2.32. The van der Waals surface area contributed by atoms with Crippen LogP contribution in [0.25, 0.3) is 111 Å². The van der Waals surface area contributed by atoms with Gasteiger partial charge < -0.3 is 13.9 Å². The molecule has 3 aromatic heterocycles. The summed E-state index contributed by atoms with van der Waals surface area (Å²) in [4.78, 5) is 15.5. The van der Waals surface area contributed by atoms with Crippen LogP contribution < -0.4 is 4.74 Å². The molecular weight excluding hydrogens is 927 g/mol. The van der Waals surface area contributed by atoms with Crippen LogP contribution >= 0.6 is 0 Å². The third-order valence-corrected chi connectivity index (χ3v) is 15.8. The Bertz CT molecular complexity index is 4550. The van der Waals surface area contributed by atoms with Crippen molar-refractivity contribution in [3.63, 3.8) is 0 Å². The van der Waals surface area contributed by atoms with Crippen LogP contribution in [0.2, 0.25) is 0 Å². The normalized spacial score (nSPS) is 12.9. The highest BCUT2D eigenvalue weighted by atomic mass is 16.5. The molecule has 1 spiro atoms. The molecule has 0 N–H and O–H groups in total. The lowest BCUT2D eigenvalue weighted by Gasteiger charge is -2.39. The van der Waals surface area contributed by atoms with E-state index < -0.39 is 5.41 Å². The molecule has 0 unspecified atom stereocenters. The molecule has 11 aromatic carbocycles. The number of para-hydroxylation sites is 5. The van der Waals surface area contributed by atoms with Crippen molar-refractivity contribution in [1.82, 2.24) is 24.1 Å². The molecular formula is C70H43N5O. The maximum atomic E-state index is 6.80. The Hall–Kier alpha value is -10.2. The maximum Gasteiger partial charge on any atom is 0.164 e. The van der Waals surface area contributed by atoms with Gasteiger partial charge in [0.15, 0.2) is 17.5 Å². The third-order valence-electron chi connectivity index (χ3n) is 15.8. The molecule has 0 saturated carbocycles. The van der Waals surface area contributed by atoms with E-state index in [0.717, 1.165) is 72.9 Å². The van der Waals surface area contributed by atoms with Crippen molar-refractivity contribution >= 4 is 43.6 Å². The Labute approximate surface area is 438 Å². The van der Waals surface area contributed by atoms with Crippen molar-refractivity contribution in [3.8, 4) is 79.3 Å². The number of benzene rings is 11. The quantitative estimate of drug-likeness (QED) is 0.167. The van der Waals surface area contributed by atoms with Crippen LogP contribution in [0.5, 0.6) is 11.5 Å². The van der Waals surface area contributed by atoms with E-state index in [9.17, 15) is 0 Å². The Morgan fingerprint density at radius 1 is 0.303 bits per heavy atom. The highest BCUT2D eigenvalue weighted by Gasteiger charge is 2.51. The second-order valence-corrected chi connectivity index (χ2v) is 19.8. The molecule has 76 heavy (non-hydrogen) atoms. The molecule has 354 valence electrons. The summed E-state index contributed by atoms with van der Waals surface area (Å²) in [6.07, 6.45) is 0. The van der Waals surface area contributed by atoms with Crippen molar-refractivity contribution in [2.24, 2.45) is 0 Å². The fourth-order valence-electron chi connectivity index (χ4n) is 12.7. The Morgan fingerprint density at radius 2 is 0.789 bits per heavy atom. The average molecular weight is 970 g/mol. The monoisotopic (exact) mass is 969 g/mol. The van der Waals surface area contributed by atoms with Gasteiger partial charge in [-0.3, -0.25) is 0 Å². The number of rotatable bonds is 6. The number of ether oxygens (including phenoxy) is 1. The molecule has 0 radical (unpaired) electrons. The van der Waals surface area contributed by atoms with Gasteiger partial charge in [0, 0.05) is 60.7 Å². The van der Waals surface area contributed by atoms with E-state index in [1.807, 2.05) is 36.4 Å². The van der Waals surface area contributed by atoms with E-state index in [4.69, 9.17) is 19.7 Å². The first-order chi connectivity index (χ1) is 37.7. The molecule has 16 rings (SSSR count). The number of fused-ring (bicyclic) bond motifs is 16. The largest absolute Gasteiger partial charge is 0.457 e. The number of aromatic nitrogens is 5. The lowest BCUT2D eigenvalue weighted by molar-refractivity contribution is 0.436. The zero-order valence-electron chi connectivity index (χ0n) is 41.0. The third kappa shape index (κ3) is 6.06. The molecule has 14 aromatic rings. The van der Waals surface area contributed by atoms with Gasteiger partial charge in [0.25, 0.3) is 0 Å². The Balaban J connectivity index is 0.984. The Morgan fingerprint density at radius 3 is 1.41 bits per heavy atom. The first kappa shape index (κ1) is 42.3. The summed E-state index contributed by atoms with van der Waals surface area (Å²) in [5, 5.41) is 4.80. The zero-order valence-corrected chi connectivity index (χ0v) is 41.0. The minimum atomic E-state index is -0.696. The highest BCUT2D eigenvalue weighted by molar-refractivity contribution is 6.24. The predicted octanol–water partition coefficient (Wildman–Crippen LogP) is 17.2. The molecule has 6 heteroatoms. The Kier molecular flexibility index (Phi) is 9.15. The van der Waals surface area contributed by atoms with Crippen LogP contribution in [0, 0.1) is 0 Å². The van der Waals surface area contributed by atoms with Crippen LogP contribution in [-0.2, 0) is 5.41 Å². The predicted molar refractivity (Wildman–Crippen MR) is 308 cm³/mol. The number of hydrogen-bond donors (Lipinski definition) is 0. The van der Waals surface area contributed by atoms with Crippen LogP contribution in [0.3, 0.4) is 0 Å². The van der Waals surface area contributed by atoms with Crippen molar-refractivity contribution in [3.05, 3.63) is 283 Å². The average Bonchev–Trinajstić information content (AvgIpc) is 4.28. The van der Waals surface area contributed by atoms with Crippen LogP contribution in [0.15, 0.2) is 261 Å². The molecule has 0 bridgehead atoms. The molecule has 0 fully saturated rings. The van der Waals surface area contributed by atoms with Gasteiger partial charge in [0.2, 0.25) is 0 Å². The van der Waals surface area contributed by atoms with Crippen LogP contribution in [0.1, 0.15) is 22.3 Å². The smallest absolute Gasteiger partial charge is 0.164 e. The zero-order chi connectivity index (χ0) is 49.9. The van der Waals surface area contributed by atoms with Crippen molar-refractivity contribution < 1.29 is 4.74 Å². The summed E-state index contributed by atoms with van der Waals surface area (Å²) in [5.41, 5.74) is 18.1. The number of nitrogens with zero attached hydrogens (tertiary/aromatic N) is 5. The summed E-state index contributed by atoms with van der Waals surface area (Å²) in [7, 11) is 0. The molecule has 6 nitrogen and oxygen atoms in total. The fraction of sp³-hybridized carbons (Fsp3) is 0.0143. The van der Waals surface area contributed by atoms with Gasteiger partial charge in [-0.2, -0.15) is 0 Å². The summed E-state index contributed by atoms with van der Waals surface area (Å²) in [5.74, 6) is 3.55. The summed E-state index contributed by atoms with van der Waals surface area (Å²) in [6.45, 7) is 0. The summed E-state index contributed by atoms with van der Waals surface area (Å²) < 4.78 is 11.7. The van der Waals surface area contributed by atoms with E-state index in [1.165, 1.54) is 54.8 Å². The number of hydrogen-bond acceptors (Lipinski definition) is 4. The molecule has 4 heterocycles. The molecule has 2 aliphatic rings. The van der Waals surface area contributed by atoms with Crippen LogP contribution in [-0.4, -0.2) is 24.1 Å². The van der Waals surface area contributed by atoms with Gasteiger partial charge in [-0.05, 0) is 94.0 Å². The topological polar surface area (TPSA) is 57.8 Å². The van der Waals surface area contributed by atoms with E-state index in [1.54, 1.807) is 0 Å². The van der Waals surface area contributed by atoms with Gasteiger partial charge in [-0.15, -0.1) is 0 Å². The van der Waals surface area contributed by atoms with Gasteiger partial charge >= 0.3 is 0 Å². The van der Waals surface area contributed by atoms with Crippen molar-refractivity contribution in [1.29, 1.82) is 0 Å². The second-order valence-electron chi connectivity index (χ2n) is 19.8. The minimum absolute atomic E-state index is 0.609. The van der Waals surface area contributed by atoms with E-state index in [-0.39, 0.29) is 0 Å².